The first-order valence-corrected chi connectivity index (χ1v) is 9.96. The fourth-order valence-corrected chi connectivity index (χ4v) is 3.79. The number of halogens is 4. The van der Waals surface area contributed by atoms with Crippen LogP contribution in [-0.4, -0.2) is 80.3 Å². The maximum absolute atomic E-state index is 12.5. The third kappa shape index (κ3) is 9.65. The predicted octanol–water partition coefficient (Wildman–Crippen LogP) is 2.92. The van der Waals surface area contributed by atoms with Crippen molar-refractivity contribution < 1.29 is 13.2 Å². The van der Waals surface area contributed by atoms with Gasteiger partial charge in [-0.3, -0.25) is 9.89 Å². The number of aliphatic imine (C=N–C) groups is 1. The zero-order valence-electron chi connectivity index (χ0n) is 16.5. The number of rotatable bonds is 7. The molecule has 0 amide bonds. The number of piperidine rings is 1. The molecular weight excluding hydrogens is 470 g/mol. The molecule has 5 nitrogen and oxygen atoms in total. The highest BCUT2D eigenvalue weighted by Crippen LogP contribution is 2.20. The molecule has 0 spiro atoms. The molecule has 2 fully saturated rings. The second kappa shape index (κ2) is 12.3. The summed E-state index contributed by atoms with van der Waals surface area (Å²) in [5.74, 6) is 1.34. The Morgan fingerprint density at radius 2 is 1.74 bits per heavy atom. The highest BCUT2D eigenvalue weighted by Gasteiger charge is 2.34. The lowest BCUT2D eigenvalue weighted by Crippen LogP contribution is -2.45. The second-order valence-electron chi connectivity index (χ2n) is 7.48. The van der Waals surface area contributed by atoms with Gasteiger partial charge in [0.25, 0.3) is 0 Å². The first kappa shape index (κ1) is 24.7. The molecule has 0 radical (unpaired) electrons. The van der Waals surface area contributed by atoms with Crippen LogP contribution in [0.4, 0.5) is 13.2 Å². The second-order valence-corrected chi connectivity index (χ2v) is 7.48. The fourth-order valence-electron chi connectivity index (χ4n) is 3.79. The molecular formula is C18H35F3IN5. The number of alkyl halides is 3. The molecule has 0 aromatic heterocycles. The van der Waals surface area contributed by atoms with Crippen molar-refractivity contribution in [1.29, 1.82) is 0 Å². The molecule has 2 aliphatic heterocycles. The Kier molecular flexibility index (Phi) is 11.3. The Hall–Kier alpha value is -0.290. The lowest BCUT2D eigenvalue weighted by molar-refractivity contribution is -0.143. The van der Waals surface area contributed by atoms with Gasteiger partial charge in [-0.2, -0.15) is 13.2 Å². The molecule has 1 atom stereocenters. The highest BCUT2D eigenvalue weighted by molar-refractivity contribution is 14.0. The molecule has 1 unspecified atom stereocenters. The average Bonchev–Trinajstić information content (AvgIpc) is 2.99. The van der Waals surface area contributed by atoms with Crippen molar-refractivity contribution in [2.45, 2.75) is 51.7 Å². The van der Waals surface area contributed by atoms with E-state index in [0.29, 0.717) is 19.0 Å². The van der Waals surface area contributed by atoms with E-state index < -0.39 is 12.7 Å². The molecule has 2 aliphatic rings. The van der Waals surface area contributed by atoms with Crippen LogP contribution in [0.2, 0.25) is 0 Å². The van der Waals surface area contributed by atoms with Crippen LogP contribution in [0.1, 0.15) is 39.5 Å². The number of guanidine groups is 1. The van der Waals surface area contributed by atoms with Crippen LogP contribution in [-0.2, 0) is 0 Å². The first-order valence-electron chi connectivity index (χ1n) is 9.96. The Labute approximate surface area is 178 Å². The Balaban J connectivity index is 0.00000364. The summed E-state index contributed by atoms with van der Waals surface area (Å²) in [5, 5.41) is 6.55. The first-order chi connectivity index (χ1) is 12.4. The van der Waals surface area contributed by atoms with Gasteiger partial charge >= 0.3 is 6.18 Å². The third-order valence-corrected chi connectivity index (χ3v) is 5.11. The number of likely N-dealkylation sites (tertiary alicyclic amines) is 2. The Morgan fingerprint density at radius 3 is 2.33 bits per heavy atom. The normalized spacial score (nSPS) is 23.3. The predicted molar refractivity (Wildman–Crippen MR) is 115 cm³/mol. The lowest BCUT2D eigenvalue weighted by Gasteiger charge is -2.31. The van der Waals surface area contributed by atoms with Crippen molar-refractivity contribution >= 4 is 29.9 Å². The molecule has 0 aromatic carbocycles. The highest BCUT2D eigenvalue weighted by atomic mass is 127. The summed E-state index contributed by atoms with van der Waals surface area (Å²) < 4.78 is 37.6. The maximum atomic E-state index is 12.5. The van der Waals surface area contributed by atoms with E-state index in [-0.39, 0.29) is 30.0 Å². The van der Waals surface area contributed by atoms with Gasteiger partial charge in [-0.05, 0) is 58.2 Å². The van der Waals surface area contributed by atoms with E-state index in [4.69, 9.17) is 4.99 Å². The van der Waals surface area contributed by atoms with Crippen molar-refractivity contribution in [3.05, 3.63) is 0 Å². The molecule has 160 valence electrons. The molecule has 27 heavy (non-hydrogen) atoms. The minimum Gasteiger partial charge on any atom is -0.357 e. The maximum Gasteiger partial charge on any atom is 0.401 e. The molecule has 2 saturated heterocycles. The van der Waals surface area contributed by atoms with Crippen LogP contribution >= 0.6 is 24.0 Å². The molecule has 0 aliphatic carbocycles. The third-order valence-electron chi connectivity index (χ3n) is 5.11. The largest absolute Gasteiger partial charge is 0.401 e. The Bertz CT molecular complexity index is 439. The van der Waals surface area contributed by atoms with E-state index in [1.54, 1.807) is 0 Å². The number of hydrogen-bond acceptors (Lipinski definition) is 3. The summed E-state index contributed by atoms with van der Waals surface area (Å²) in [7, 11) is 0. The van der Waals surface area contributed by atoms with Gasteiger partial charge in [-0.25, -0.2) is 0 Å². The molecule has 0 aromatic rings. The zero-order chi connectivity index (χ0) is 19.0. The van der Waals surface area contributed by atoms with Crippen molar-refractivity contribution in [2.24, 2.45) is 10.9 Å². The Morgan fingerprint density at radius 1 is 1.07 bits per heavy atom. The smallest absolute Gasteiger partial charge is 0.357 e. The van der Waals surface area contributed by atoms with Crippen LogP contribution in [0.25, 0.3) is 0 Å². The molecule has 9 heteroatoms. The quantitative estimate of drug-likeness (QED) is 0.318. The fraction of sp³-hybridized carbons (Fsp3) is 0.944. The minimum absolute atomic E-state index is 0. The van der Waals surface area contributed by atoms with E-state index in [1.807, 2.05) is 6.92 Å². The van der Waals surface area contributed by atoms with Gasteiger partial charge in [0.2, 0.25) is 0 Å². The van der Waals surface area contributed by atoms with Crippen molar-refractivity contribution in [2.75, 3.05) is 52.4 Å². The minimum atomic E-state index is -4.12. The SMILES string of the molecule is CCCN1CCC(CN=C(NCC)NC2CCN(CC(F)(F)F)C2)CC1.I. The zero-order valence-corrected chi connectivity index (χ0v) is 18.9. The van der Waals surface area contributed by atoms with E-state index >= 15 is 0 Å². The van der Waals surface area contributed by atoms with E-state index in [1.165, 1.54) is 30.7 Å². The summed E-state index contributed by atoms with van der Waals surface area (Å²) in [4.78, 5) is 8.68. The van der Waals surface area contributed by atoms with Gasteiger partial charge in [0.15, 0.2) is 5.96 Å². The lowest BCUT2D eigenvalue weighted by atomic mass is 9.97. The average molecular weight is 505 g/mol. The van der Waals surface area contributed by atoms with Crippen LogP contribution in [0, 0.1) is 5.92 Å². The summed E-state index contributed by atoms with van der Waals surface area (Å²) in [5.41, 5.74) is 0. The summed E-state index contributed by atoms with van der Waals surface area (Å²) in [6, 6.07) is 0.0292. The van der Waals surface area contributed by atoms with Gasteiger partial charge < -0.3 is 15.5 Å². The van der Waals surface area contributed by atoms with Crippen molar-refractivity contribution in [3.8, 4) is 0 Å². The van der Waals surface area contributed by atoms with Gasteiger partial charge in [-0.1, -0.05) is 6.92 Å². The number of nitrogens with zero attached hydrogens (tertiary/aromatic N) is 3. The monoisotopic (exact) mass is 505 g/mol. The van der Waals surface area contributed by atoms with E-state index in [2.05, 4.69) is 22.5 Å². The molecule has 2 N–H and O–H groups in total. The molecule has 0 bridgehead atoms. The standard InChI is InChI=1S/C18H34F3N5.HI/c1-3-8-25-9-5-15(6-10-25)12-23-17(22-4-2)24-16-7-11-26(13-16)14-18(19,20)21;/h15-16H,3-14H2,1-2H3,(H2,22,23,24);1H. The van der Waals surface area contributed by atoms with Crippen molar-refractivity contribution in [1.82, 2.24) is 20.4 Å². The topological polar surface area (TPSA) is 42.9 Å². The molecule has 2 heterocycles. The van der Waals surface area contributed by atoms with E-state index in [9.17, 15) is 13.2 Å². The summed E-state index contributed by atoms with van der Waals surface area (Å²) in [6.45, 7) is 9.29. The van der Waals surface area contributed by atoms with Crippen LogP contribution in [0.5, 0.6) is 0 Å². The van der Waals surface area contributed by atoms with Crippen LogP contribution in [0.15, 0.2) is 4.99 Å². The number of nitrogens with one attached hydrogen (secondary N) is 2. The molecule has 2 rings (SSSR count). The van der Waals surface area contributed by atoms with Gasteiger partial charge in [0.05, 0.1) is 6.54 Å². The summed E-state index contributed by atoms with van der Waals surface area (Å²) in [6.07, 6.45) is 0.136. The van der Waals surface area contributed by atoms with Crippen LogP contribution < -0.4 is 10.6 Å². The van der Waals surface area contributed by atoms with Crippen molar-refractivity contribution in [3.63, 3.8) is 0 Å². The van der Waals surface area contributed by atoms with E-state index in [0.717, 1.165) is 38.6 Å². The van der Waals surface area contributed by atoms with Gasteiger partial charge in [-0.15, -0.1) is 24.0 Å². The summed E-state index contributed by atoms with van der Waals surface area (Å²) >= 11 is 0. The van der Waals surface area contributed by atoms with Gasteiger partial charge in [0, 0.05) is 32.2 Å². The molecule has 0 saturated carbocycles. The number of hydrogen-bond donors (Lipinski definition) is 2. The van der Waals surface area contributed by atoms with Gasteiger partial charge in [0.1, 0.15) is 0 Å². The van der Waals surface area contributed by atoms with Crippen LogP contribution in [0.3, 0.4) is 0 Å².